The molecule has 2 unspecified atom stereocenters. The van der Waals surface area contributed by atoms with E-state index in [9.17, 15) is 0 Å². The summed E-state index contributed by atoms with van der Waals surface area (Å²) in [6.45, 7) is 13.8. The Morgan fingerprint density at radius 1 is 0.486 bits per heavy atom. The number of thiophene rings is 1. The summed E-state index contributed by atoms with van der Waals surface area (Å²) in [7, 11) is 0. The van der Waals surface area contributed by atoms with Gasteiger partial charge in [-0.1, -0.05) is 232 Å². The minimum absolute atomic E-state index is 0.00476. The van der Waals surface area contributed by atoms with Crippen LogP contribution in [0.2, 0.25) is 0 Å². The molecule has 0 aliphatic carbocycles. The summed E-state index contributed by atoms with van der Waals surface area (Å²) in [4.78, 5) is 36.3. The van der Waals surface area contributed by atoms with Crippen LogP contribution in [0, 0.1) is 18.8 Å². The molecular formula is C63H96N2O4S. The fourth-order valence-corrected chi connectivity index (χ4v) is 12.5. The highest BCUT2D eigenvalue weighted by Gasteiger charge is 2.43. The van der Waals surface area contributed by atoms with Gasteiger partial charge >= 0.3 is 0 Å². The van der Waals surface area contributed by atoms with Crippen molar-refractivity contribution < 1.29 is 19.1 Å². The van der Waals surface area contributed by atoms with E-state index >= 15 is 9.59 Å². The number of hydrogen-bond donors (Lipinski definition) is 0. The number of carbonyl (C=O) groups is 2. The Morgan fingerprint density at radius 2 is 0.871 bits per heavy atom. The number of unbranched alkanes of at least 4 members (excludes halogenated alkanes) is 24. The average molecular weight is 978 g/mol. The van der Waals surface area contributed by atoms with Gasteiger partial charge in [0.05, 0.1) is 27.4 Å². The second kappa shape index (κ2) is 31.1. The van der Waals surface area contributed by atoms with Crippen LogP contribution in [0.1, 0.15) is 250 Å². The maximum atomic E-state index is 15.6. The van der Waals surface area contributed by atoms with E-state index in [2.05, 4.69) is 80.8 Å². The van der Waals surface area contributed by atoms with Crippen LogP contribution < -0.4 is 19.3 Å². The van der Waals surface area contributed by atoms with Crippen molar-refractivity contribution in [2.45, 2.75) is 240 Å². The highest BCUT2D eigenvalue weighted by molar-refractivity contribution is 7.14. The van der Waals surface area contributed by atoms with Gasteiger partial charge in [0.15, 0.2) is 11.5 Å². The van der Waals surface area contributed by atoms with Crippen LogP contribution in [-0.2, 0) is 9.59 Å². The predicted octanol–water partition coefficient (Wildman–Crippen LogP) is 18.9. The highest BCUT2D eigenvalue weighted by atomic mass is 32.1. The molecule has 2 amide bonds. The molecule has 0 spiro atoms. The molecule has 6 rings (SSSR count). The molecule has 3 aliphatic heterocycles. The summed E-state index contributed by atoms with van der Waals surface area (Å²) < 4.78 is 12.2. The second-order valence-corrected chi connectivity index (χ2v) is 22.5. The number of nitrogens with zero attached hydrogens (tertiary/aromatic N) is 2. The summed E-state index contributed by atoms with van der Waals surface area (Å²) in [5.41, 5.74) is 7.09. The zero-order valence-electron chi connectivity index (χ0n) is 45.1. The monoisotopic (exact) mass is 977 g/mol. The fraction of sp³-hybridized carbons (Fsp3) is 0.683. The maximum absolute atomic E-state index is 15.6. The molecule has 388 valence electrons. The molecule has 0 bridgehead atoms. The Morgan fingerprint density at radius 3 is 1.31 bits per heavy atom. The third kappa shape index (κ3) is 16.2. The number of ether oxygens (including phenoxy) is 2. The van der Waals surface area contributed by atoms with Crippen LogP contribution in [0.3, 0.4) is 0 Å². The third-order valence-corrected chi connectivity index (χ3v) is 16.7. The van der Waals surface area contributed by atoms with E-state index in [0.29, 0.717) is 49.3 Å². The van der Waals surface area contributed by atoms with Gasteiger partial charge in [0.25, 0.3) is 11.8 Å². The highest BCUT2D eigenvalue weighted by Crippen LogP contribution is 2.51. The topological polar surface area (TPSA) is 59.1 Å². The standard InChI is InChI=1S/C63H96N2O4S/c1-6-10-14-18-22-24-28-32-36-50(34-30-26-20-16-12-8-3)46-64-55-44-49(5)38-40-53(55)58(62(64)66)59-54-41-39-52(61-60-57(48-70-61)68-42-43-69-60)45-56(54)65(63(59)67)47-51(35-31-27-21-17-13-9-4)37-33-29-25-23-19-15-11-7-2/h38-41,44-45,48,50-51H,6-37,42-43,46-47H2,1-5H3/b59-58+. The zero-order chi connectivity index (χ0) is 49.3. The Labute approximate surface area is 431 Å². The molecule has 6 nitrogen and oxygen atoms in total. The number of amides is 2. The second-order valence-electron chi connectivity index (χ2n) is 21.7. The van der Waals surface area contributed by atoms with Crippen molar-refractivity contribution >= 4 is 45.7 Å². The van der Waals surface area contributed by atoms with Crippen LogP contribution in [-0.4, -0.2) is 38.1 Å². The van der Waals surface area contributed by atoms with Crippen molar-refractivity contribution in [1.82, 2.24) is 0 Å². The number of aryl methyl sites for hydroxylation is 1. The number of rotatable bonds is 37. The van der Waals surface area contributed by atoms with Crippen molar-refractivity contribution in [3.63, 3.8) is 0 Å². The number of fused-ring (bicyclic) bond motifs is 3. The van der Waals surface area contributed by atoms with Crippen molar-refractivity contribution in [2.75, 3.05) is 36.1 Å². The molecule has 0 saturated carbocycles. The Kier molecular flexibility index (Phi) is 24.8. The van der Waals surface area contributed by atoms with E-state index in [-0.39, 0.29) is 11.8 Å². The van der Waals surface area contributed by atoms with Crippen molar-refractivity contribution in [3.05, 3.63) is 58.5 Å². The lowest BCUT2D eigenvalue weighted by atomic mass is 9.93. The van der Waals surface area contributed by atoms with Gasteiger partial charge in [-0.15, -0.1) is 11.3 Å². The van der Waals surface area contributed by atoms with Crippen LogP contribution in [0.25, 0.3) is 21.6 Å². The first-order chi connectivity index (χ1) is 34.4. The molecule has 1 aromatic heterocycles. The van der Waals surface area contributed by atoms with E-state index in [1.54, 1.807) is 11.3 Å². The van der Waals surface area contributed by atoms with E-state index in [0.717, 1.165) is 75.7 Å². The number of anilines is 2. The smallest absolute Gasteiger partial charge is 0.259 e. The summed E-state index contributed by atoms with van der Waals surface area (Å²) >= 11 is 1.64. The molecule has 2 aromatic carbocycles. The SMILES string of the molecule is CCCCCCCCCCC(CCCCCCCC)CN1C(=O)/C(=C2/C(=O)N(CC(CCCCCCCC)CCCCCCCCCC)c3cc(-c4scc5c4OCCO5)ccc32)c2ccc(C)cc21. The number of carbonyl (C=O) groups excluding carboxylic acids is 2. The minimum Gasteiger partial charge on any atom is -0.485 e. The molecule has 70 heavy (non-hydrogen) atoms. The van der Waals surface area contributed by atoms with Gasteiger partial charge < -0.3 is 19.3 Å². The maximum Gasteiger partial charge on any atom is 0.259 e. The van der Waals surface area contributed by atoms with Crippen LogP contribution in [0.5, 0.6) is 11.5 Å². The van der Waals surface area contributed by atoms with Crippen molar-refractivity contribution in [1.29, 1.82) is 0 Å². The summed E-state index contributed by atoms with van der Waals surface area (Å²) in [5, 5.41) is 2.05. The first kappa shape index (κ1) is 55.7. The lowest BCUT2D eigenvalue weighted by Gasteiger charge is -2.25. The average Bonchev–Trinajstić information content (AvgIpc) is 4.00. The van der Waals surface area contributed by atoms with Gasteiger partial charge in [-0.25, -0.2) is 0 Å². The van der Waals surface area contributed by atoms with Crippen LogP contribution in [0.15, 0.2) is 41.8 Å². The molecule has 0 fully saturated rings. The first-order valence-electron chi connectivity index (χ1n) is 29.4. The van der Waals surface area contributed by atoms with Gasteiger partial charge in [-0.2, -0.15) is 0 Å². The summed E-state index contributed by atoms with van der Waals surface area (Å²) in [6, 6.07) is 13.0. The van der Waals surface area contributed by atoms with Crippen LogP contribution in [0.4, 0.5) is 11.4 Å². The molecule has 4 heterocycles. The van der Waals surface area contributed by atoms with Gasteiger partial charge in [0.2, 0.25) is 0 Å². The first-order valence-corrected chi connectivity index (χ1v) is 30.3. The van der Waals surface area contributed by atoms with Gasteiger partial charge in [0.1, 0.15) is 13.2 Å². The molecule has 0 saturated heterocycles. The normalized spacial score (nSPS) is 16.1. The lowest BCUT2D eigenvalue weighted by molar-refractivity contribution is -0.114. The van der Waals surface area contributed by atoms with Crippen molar-refractivity contribution in [2.24, 2.45) is 11.8 Å². The minimum atomic E-state index is -0.0110. The van der Waals surface area contributed by atoms with Crippen molar-refractivity contribution in [3.8, 4) is 21.9 Å². The number of hydrogen-bond acceptors (Lipinski definition) is 5. The fourth-order valence-electron chi connectivity index (χ4n) is 11.5. The Hall–Kier alpha value is -3.58. The molecule has 2 atom stereocenters. The molecule has 0 N–H and O–H groups in total. The Bertz CT molecular complexity index is 2050. The molecule has 0 radical (unpaired) electrons. The van der Waals surface area contributed by atoms with Crippen LogP contribution >= 0.6 is 11.3 Å². The van der Waals surface area contributed by atoms with E-state index in [1.165, 1.54) is 180 Å². The summed E-state index contributed by atoms with van der Waals surface area (Å²) in [5.74, 6) is 2.42. The molecule has 3 aromatic rings. The zero-order valence-corrected chi connectivity index (χ0v) is 45.9. The van der Waals surface area contributed by atoms with E-state index < -0.39 is 0 Å². The molecular weight excluding hydrogens is 881 g/mol. The quantitative estimate of drug-likeness (QED) is 0.0427. The van der Waals surface area contributed by atoms with Gasteiger partial charge in [0, 0.05) is 29.6 Å². The van der Waals surface area contributed by atoms with E-state index in [4.69, 9.17) is 9.47 Å². The third-order valence-electron chi connectivity index (χ3n) is 15.7. The molecule has 3 aliphatic rings. The Balaban J connectivity index is 1.31. The lowest BCUT2D eigenvalue weighted by Crippen LogP contribution is -2.34. The largest absolute Gasteiger partial charge is 0.485 e. The van der Waals surface area contributed by atoms with Gasteiger partial charge in [-0.05, 0) is 67.7 Å². The number of benzene rings is 2. The van der Waals surface area contributed by atoms with E-state index in [1.807, 2.05) is 5.38 Å². The summed E-state index contributed by atoms with van der Waals surface area (Å²) in [6.07, 6.45) is 40.7. The molecule has 7 heteroatoms. The van der Waals surface area contributed by atoms with Gasteiger partial charge in [-0.3, -0.25) is 9.59 Å². The predicted molar refractivity (Wildman–Crippen MR) is 301 cm³/mol.